The number of hydrogen-bond donors (Lipinski definition) is 1. The number of fused-ring (bicyclic) bond motifs is 5. The molecule has 0 aromatic carbocycles. The first-order valence-electron chi connectivity index (χ1n) is 19.8. The molecule has 6 aliphatic rings. The molecule has 1 N–H and O–H groups in total. The van der Waals surface area contributed by atoms with Crippen LogP contribution in [0.15, 0.2) is 11.6 Å². The monoisotopic (exact) mass is 720 g/mol. The highest BCUT2D eigenvalue weighted by Gasteiger charge is 2.56. The van der Waals surface area contributed by atoms with Crippen LogP contribution in [-0.4, -0.2) is 106 Å². The Morgan fingerprint density at radius 2 is 1.53 bits per heavy atom. The Labute approximate surface area is 304 Å². The van der Waals surface area contributed by atoms with E-state index >= 15 is 0 Å². The fourth-order valence-electron chi connectivity index (χ4n) is 10.4. The van der Waals surface area contributed by atoms with Gasteiger partial charge in [0.15, 0.2) is 18.4 Å². The fraction of sp³-hybridized carbons (Fsp3) is 0.900. The van der Waals surface area contributed by atoms with Gasteiger partial charge in [0, 0.05) is 33.2 Å². The second-order valence-corrected chi connectivity index (χ2v) is 16.4. The number of allylic oxidation sites excluding steroid dienone is 2. The van der Waals surface area contributed by atoms with Crippen LogP contribution in [0, 0.1) is 41.4 Å². The first-order chi connectivity index (χ1) is 24.5. The van der Waals surface area contributed by atoms with E-state index < -0.39 is 24.4 Å². The Bertz CT molecular complexity index is 1220. The molecule has 3 unspecified atom stereocenters. The van der Waals surface area contributed by atoms with E-state index in [9.17, 15) is 14.7 Å². The molecule has 6 rings (SSSR count). The molecule has 3 aliphatic heterocycles. The summed E-state index contributed by atoms with van der Waals surface area (Å²) in [6.07, 6.45) is 5.49. The van der Waals surface area contributed by atoms with Crippen molar-refractivity contribution in [2.45, 2.75) is 166 Å². The zero-order chi connectivity index (χ0) is 36.6. The molecule has 0 aromatic rings. The summed E-state index contributed by atoms with van der Waals surface area (Å²) in [6, 6.07) is 0. The minimum Gasteiger partial charge on any atom is -0.462 e. The van der Waals surface area contributed by atoms with Crippen molar-refractivity contribution >= 4 is 11.8 Å². The van der Waals surface area contributed by atoms with E-state index in [0.717, 1.165) is 32.1 Å². The minimum absolute atomic E-state index is 0.00870. The number of Topliss-reactive ketones (excluding diaryl/α,β-unsaturated/α-hetero) is 1. The van der Waals surface area contributed by atoms with Gasteiger partial charge in [-0.1, -0.05) is 26.8 Å². The molecule has 0 radical (unpaired) electrons. The van der Waals surface area contributed by atoms with E-state index in [0.29, 0.717) is 37.2 Å². The summed E-state index contributed by atoms with van der Waals surface area (Å²) in [5, 5.41) is 11.7. The summed E-state index contributed by atoms with van der Waals surface area (Å²) in [5.41, 5.74) is 0.706. The van der Waals surface area contributed by atoms with Gasteiger partial charge in [-0.15, -0.1) is 0 Å². The van der Waals surface area contributed by atoms with Crippen LogP contribution in [0.3, 0.4) is 0 Å². The molecular formula is C40H64O11. The van der Waals surface area contributed by atoms with E-state index in [2.05, 4.69) is 26.8 Å². The molecule has 18 atom stereocenters. The lowest BCUT2D eigenvalue weighted by molar-refractivity contribution is -0.314. The third kappa shape index (κ3) is 8.16. The Balaban J connectivity index is 1.23. The first kappa shape index (κ1) is 39.3. The second-order valence-electron chi connectivity index (χ2n) is 16.4. The summed E-state index contributed by atoms with van der Waals surface area (Å²) in [6.45, 7) is 10.3. The third-order valence-corrected chi connectivity index (χ3v) is 13.5. The Morgan fingerprint density at radius 3 is 2.22 bits per heavy atom. The number of ketones is 1. The van der Waals surface area contributed by atoms with E-state index in [1.165, 1.54) is 0 Å². The molecule has 2 saturated carbocycles. The zero-order valence-corrected chi connectivity index (χ0v) is 32.1. The van der Waals surface area contributed by atoms with Crippen molar-refractivity contribution in [3.05, 3.63) is 11.6 Å². The van der Waals surface area contributed by atoms with Crippen molar-refractivity contribution in [2.24, 2.45) is 41.4 Å². The van der Waals surface area contributed by atoms with Crippen LogP contribution in [0.25, 0.3) is 0 Å². The van der Waals surface area contributed by atoms with Crippen LogP contribution in [-0.2, 0) is 47.5 Å². The van der Waals surface area contributed by atoms with Crippen molar-refractivity contribution in [3.63, 3.8) is 0 Å². The maximum absolute atomic E-state index is 14.6. The molecule has 11 nitrogen and oxygen atoms in total. The number of hydrogen-bond acceptors (Lipinski definition) is 11. The largest absolute Gasteiger partial charge is 0.462 e. The highest BCUT2D eigenvalue weighted by Crippen LogP contribution is 2.57. The highest BCUT2D eigenvalue weighted by atomic mass is 16.7. The lowest BCUT2D eigenvalue weighted by Crippen LogP contribution is -2.59. The van der Waals surface area contributed by atoms with Crippen molar-refractivity contribution in [1.82, 2.24) is 0 Å². The SMILES string of the molecule is CC[C@H]1CCC[C@H](O[C@H]2CC[C@H](C)C(C)O2)[C@@H](C)C(=O)C2=C[C@@H]3[C@@H](C[C@@H](O)[C@@H]4C[C@@H](O[C@@H]5OC(C)[C@H](OC)C(OC)[C@@H]5OC)C[C@@H]34)[C@@H]2CC(=O)O1. The van der Waals surface area contributed by atoms with Gasteiger partial charge in [0.25, 0.3) is 0 Å². The molecule has 290 valence electrons. The molecular weight excluding hydrogens is 656 g/mol. The maximum Gasteiger partial charge on any atom is 0.306 e. The Kier molecular flexibility index (Phi) is 13.0. The maximum atomic E-state index is 14.6. The molecule has 0 aromatic heterocycles. The molecule has 3 aliphatic carbocycles. The van der Waals surface area contributed by atoms with Gasteiger partial charge in [0.05, 0.1) is 36.9 Å². The smallest absolute Gasteiger partial charge is 0.306 e. The summed E-state index contributed by atoms with van der Waals surface area (Å²) >= 11 is 0. The molecule has 3 heterocycles. The number of carbonyl (C=O) groups is 2. The van der Waals surface area contributed by atoms with Gasteiger partial charge in [0.2, 0.25) is 0 Å². The average Bonchev–Trinajstić information content (AvgIpc) is 3.69. The summed E-state index contributed by atoms with van der Waals surface area (Å²) in [7, 11) is 4.90. The molecule has 0 spiro atoms. The van der Waals surface area contributed by atoms with Gasteiger partial charge in [-0.05, 0) is 107 Å². The van der Waals surface area contributed by atoms with E-state index in [4.69, 9.17) is 37.9 Å². The van der Waals surface area contributed by atoms with E-state index in [1.54, 1.807) is 21.3 Å². The van der Waals surface area contributed by atoms with Crippen LogP contribution >= 0.6 is 0 Å². The number of cyclic esters (lactones) is 1. The number of esters is 1. The van der Waals surface area contributed by atoms with Crippen LogP contribution in [0.2, 0.25) is 0 Å². The number of ether oxygens (including phenoxy) is 8. The van der Waals surface area contributed by atoms with Gasteiger partial charge in [0.1, 0.15) is 24.4 Å². The quantitative estimate of drug-likeness (QED) is 0.325. The second kappa shape index (κ2) is 16.9. The molecule has 0 bridgehead atoms. The Hall–Kier alpha value is -1.44. The van der Waals surface area contributed by atoms with Gasteiger partial charge >= 0.3 is 5.97 Å². The molecule has 51 heavy (non-hydrogen) atoms. The fourth-order valence-corrected chi connectivity index (χ4v) is 10.4. The Morgan fingerprint density at radius 1 is 0.804 bits per heavy atom. The van der Waals surface area contributed by atoms with Crippen molar-refractivity contribution in [1.29, 1.82) is 0 Å². The topological polar surface area (TPSA) is 128 Å². The predicted octanol–water partition coefficient (Wildman–Crippen LogP) is 5.39. The predicted molar refractivity (Wildman–Crippen MR) is 187 cm³/mol. The molecule has 0 amide bonds. The number of methoxy groups -OCH3 is 3. The van der Waals surface area contributed by atoms with E-state index in [-0.39, 0.29) is 96.8 Å². The van der Waals surface area contributed by atoms with E-state index in [1.807, 2.05) is 13.8 Å². The molecule has 5 fully saturated rings. The third-order valence-electron chi connectivity index (χ3n) is 13.5. The summed E-state index contributed by atoms with van der Waals surface area (Å²) in [4.78, 5) is 28.1. The molecule has 11 heteroatoms. The van der Waals surface area contributed by atoms with Crippen LogP contribution in [0.4, 0.5) is 0 Å². The van der Waals surface area contributed by atoms with Crippen LogP contribution in [0.1, 0.15) is 98.8 Å². The normalized spacial score (nSPS) is 48.1. The standard InChI is InChI=1S/C40H64O11/c1-9-24-11-10-12-33(51-35-14-13-20(2)22(4)47-35)21(3)36(43)31-17-27-26-15-25(16-30(26)32(41)18-28(27)29(31)19-34(42)49-24)50-40-39(46-8)38(45-7)37(44-6)23(5)48-40/h17,20-30,32-33,35,37-41H,9-16,18-19H2,1-8H3/t20-,21+,22?,23?,24-,25-,26-,27-,28+,29-,30+,32+,33-,35-,37-,38?,39-,40-/m0/s1. The lowest BCUT2D eigenvalue weighted by atomic mass is 9.65. The van der Waals surface area contributed by atoms with Crippen molar-refractivity contribution < 1.29 is 52.6 Å². The summed E-state index contributed by atoms with van der Waals surface area (Å²) < 4.78 is 49.2. The highest BCUT2D eigenvalue weighted by molar-refractivity contribution is 5.99. The zero-order valence-electron chi connectivity index (χ0n) is 32.1. The molecule has 3 saturated heterocycles. The van der Waals surface area contributed by atoms with Gasteiger partial charge < -0.3 is 43.0 Å². The first-order valence-corrected chi connectivity index (χ1v) is 19.8. The number of carbonyl (C=O) groups excluding carboxylic acids is 2. The van der Waals surface area contributed by atoms with Gasteiger partial charge in [-0.2, -0.15) is 0 Å². The number of aliphatic hydroxyl groups excluding tert-OH is 1. The van der Waals surface area contributed by atoms with Gasteiger partial charge in [-0.3, -0.25) is 9.59 Å². The van der Waals surface area contributed by atoms with Crippen LogP contribution in [0.5, 0.6) is 0 Å². The minimum atomic E-state index is -0.656. The average molecular weight is 721 g/mol. The lowest BCUT2D eigenvalue weighted by Gasteiger charge is -2.44. The van der Waals surface area contributed by atoms with Crippen LogP contribution < -0.4 is 0 Å². The number of rotatable bonds is 8. The number of aliphatic hydroxyl groups is 1. The van der Waals surface area contributed by atoms with Gasteiger partial charge in [-0.25, -0.2) is 0 Å². The summed E-state index contributed by atoms with van der Waals surface area (Å²) in [5.74, 6) is -0.345. The van der Waals surface area contributed by atoms with Crippen molar-refractivity contribution in [3.8, 4) is 0 Å². The van der Waals surface area contributed by atoms with Crippen molar-refractivity contribution in [2.75, 3.05) is 21.3 Å².